The largest absolute Gasteiger partial charge is 0.293 e. The summed E-state index contributed by atoms with van der Waals surface area (Å²) in [7, 11) is -4.67. The topological polar surface area (TPSA) is 92.1 Å². The molecule has 1 rings (SSSR count). The summed E-state index contributed by atoms with van der Waals surface area (Å²) >= 11 is 0. The van der Waals surface area contributed by atoms with Crippen LogP contribution in [0.1, 0.15) is 15.9 Å². The number of sulfone groups is 1. The van der Waals surface area contributed by atoms with Gasteiger partial charge >= 0.3 is 0 Å². The van der Waals surface area contributed by atoms with Crippen LogP contribution in [0.3, 0.4) is 0 Å². The molecule has 102 valence electrons. The van der Waals surface area contributed by atoms with Crippen LogP contribution in [0.2, 0.25) is 0 Å². The predicted octanol–water partition coefficient (Wildman–Crippen LogP) is 0.534. The van der Waals surface area contributed by atoms with Crippen LogP contribution < -0.4 is 0 Å². The summed E-state index contributed by atoms with van der Waals surface area (Å²) in [5.41, 5.74) is 0.807. The van der Waals surface area contributed by atoms with Gasteiger partial charge in [0.05, 0.1) is 23.1 Å². The summed E-state index contributed by atoms with van der Waals surface area (Å²) in [6.07, 6.45) is 1.06. The quantitative estimate of drug-likeness (QED) is 0.715. The number of ketones is 1. The van der Waals surface area contributed by atoms with E-state index in [1.54, 1.807) is 0 Å². The second-order valence-electron chi connectivity index (χ2n) is 4.03. The van der Waals surface area contributed by atoms with Crippen molar-refractivity contribution in [2.24, 2.45) is 0 Å². The van der Waals surface area contributed by atoms with E-state index in [2.05, 4.69) is 0 Å². The molecule has 0 N–H and O–H groups in total. The Morgan fingerprint density at radius 3 is 2.37 bits per heavy atom. The van der Waals surface area contributed by atoms with Crippen molar-refractivity contribution in [3.05, 3.63) is 35.4 Å². The molecule has 0 heterocycles. The maximum absolute atomic E-state index is 11.8. The monoisotopic (exact) mass is 299 g/mol. The fourth-order valence-electron chi connectivity index (χ4n) is 1.28. The van der Waals surface area contributed by atoms with E-state index in [0.29, 0.717) is 11.1 Å². The van der Waals surface area contributed by atoms with Crippen molar-refractivity contribution in [2.45, 2.75) is 0 Å². The van der Waals surface area contributed by atoms with E-state index in [1.807, 2.05) is 6.07 Å². The van der Waals surface area contributed by atoms with E-state index in [0.717, 1.165) is 6.26 Å². The molecular formula is C12H13NO4S2. The van der Waals surface area contributed by atoms with Crippen LogP contribution in [0.5, 0.6) is 0 Å². The van der Waals surface area contributed by atoms with Crippen LogP contribution >= 0.6 is 0 Å². The van der Waals surface area contributed by atoms with E-state index < -0.39 is 20.6 Å². The normalized spacial score (nSPS) is 12.6. The van der Waals surface area contributed by atoms with Gasteiger partial charge in [-0.15, -0.1) is 0 Å². The van der Waals surface area contributed by atoms with Gasteiger partial charge in [-0.2, -0.15) is 5.26 Å². The highest BCUT2D eigenvalue weighted by atomic mass is 32.2. The average molecular weight is 299 g/mol. The molecule has 1 unspecified atom stereocenters. The molecule has 19 heavy (non-hydrogen) atoms. The molecule has 1 atom stereocenters. The molecule has 0 radical (unpaired) electrons. The van der Waals surface area contributed by atoms with Gasteiger partial charge in [0.1, 0.15) is 9.84 Å². The minimum atomic E-state index is -3.17. The molecule has 0 aromatic heterocycles. The number of hydrogen-bond donors (Lipinski definition) is 0. The Bertz CT molecular complexity index is 627. The third kappa shape index (κ3) is 5.77. The number of carbonyl (C=O) groups is 1. The molecule has 5 nitrogen and oxygen atoms in total. The number of benzene rings is 1. The Kier molecular flexibility index (Phi) is 5.39. The highest BCUT2D eigenvalue weighted by Crippen LogP contribution is 2.05. The van der Waals surface area contributed by atoms with Crippen molar-refractivity contribution in [1.29, 1.82) is 5.26 Å². The van der Waals surface area contributed by atoms with Gasteiger partial charge in [0.2, 0.25) is 0 Å². The molecule has 7 heteroatoms. The Balaban J connectivity index is 2.59. The first-order valence-electron chi connectivity index (χ1n) is 5.38. The summed E-state index contributed by atoms with van der Waals surface area (Å²) in [5, 5.41) is 8.62. The third-order valence-corrected chi connectivity index (χ3v) is 4.76. The Morgan fingerprint density at radius 1 is 1.32 bits per heavy atom. The Labute approximate surface area is 114 Å². The second-order valence-corrected chi connectivity index (χ2v) is 7.87. The van der Waals surface area contributed by atoms with Gasteiger partial charge in [-0.1, -0.05) is 12.1 Å². The van der Waals surface area contributed by atoms with Gasteiger partial charge < -0.3 is 0 Å². The van der Waals surface area contributed by atoms with Crippen molar-refractivity contribution >= 4 is 26.4 Å². The third-order valence-electron chi connectivity index (χ3n) is 2.31. The highest BCUT2D eigenvalue weighted by molar-refractivity contribution is 7.92. The molecule has 0 spiro atoms. The number of hydrogen-bond acceptors (Lipinski definition) is 5. The number of nitriles is 1. The van der Waals surface area contributed by atoms with Crippen LogP contribution in [0.4, 0.5) is 0 Å². The number of carbonyl (C=O) groups excluding carboxylic acids is 1. The van der Waals surface area contributed by atoms with Gasteiger partial charge in [-0.3, -0.25) is 9.00 Å². The predicted molar refractivity (Wildman–Crippen MR) is 73.1 cm³/mol. The van der Waals surface area contributed by atoms with Gasteiger partial charge in [-0.05, 0) is 12.1 Å². The second kappa shape index (κ2) is 6.59. The maximum Gasteiger partial charge on any atom is 0.175 e. The van der Waals surface area contributed by atoms with Crippen molar-refractivity contribution in [2.75, 3.05) is 23.5 Å². The zero-order valence-corrected chi connectivity index (χ0v) is 12.0. The highest BCUT2D eigenvalue weighted by Gasteiger charge is 2.12. The summed E-state index contributed by atoms with van der Waals surface area (Å²) in [5.74, 6) is -0.765. The standard InChI is InChI=1S/C12H13NO4S2/c1-19(16,17)7-6-18(15)9-12(14)11-4-2-10(8-13)3-5-11/h2-5H,6-7,9H2,1H3. The number of Topliss-reactive ketones (excluding diaryl/α,β-unsaturated/α-hetero) is 1. The van der Waals surface area contributed by atoms with Gasteiger partial charge in [0.25, 0.3) is 0 Å². The van der Waals surface area contributed by atoms with Crippen LogP contribution in [0.25, 0.3) is 0 Å². The van der Waals surface area contributed by atoms with Crippen LogP contribution in [-0.2, 0) is 20.6 Å². The molecule has 1 aromatic rings. The van der Waals surface area contributed by atoms with Crippen molar-refractivity contribution < 1.29 is 17.4 Å². The van der Waals surface area contributed by atoms with Gasteiger partial charge in [-0.25, -0.2) is 8.42 Å². The maximum atomic E-state index is 11.8. The molecule has 0 aliphatic carbocycles. The fraction of sp³-hybridized carbons (Fsp3) is 0.333. The van der Waals surface area contributed by atoms with E-state index in [-0.39, 0.29) is 23.0 Å². The average Bonchev–Trinajstić information content (AvgIpc) is 2.35. The number of rotatable bonds is 6. The lowest BCUT2D eigenvalue weighted by atomic mass is 10.1. The number of nitrogens with zero attached hydrogens (tertiary/aromatic N) is 1. The molecule has 0 bridgehead atoms. The molecule has 0 aliphatic heterocycles. The van der Waals surface area contributed by atoms with E-state index in [4.69, 9.17) is 5.26 Å². The van der Waals surface area contributed by atoms with E-state index in [1.165, 1.54) is 24.3 Å². The first-order valence-corrected chi connectivity index (χ1v) is 8.93. The lowest BCUT2D eigenvalue weighted by molar-refractivity contribution is 0.102. The lowest BCUT2D eigenvalue weighted by Gasteiger charge is -2.02. The van der Waals surface area contributed by atoms with Gasteiger partial charge in [0.15, 0.2) is 5.78 Å². The molecule has 0 amide bonds. The fourth-order valence-corrected chi connectivity index (χ4v) is 3.83. The Morgan fingerprint density at radius 2 is 1.89 bits per heavy atom. The zero-order chi connectivity index (χ0) is 14.5. The smallest absolute Gasteiger partial charge is 0.175 e. The first kappa shape index (κ1) is 15.5. The molecule has 1 aromatic carbocycles. The summed E-state index contributed by atoms with van der Waals surface area (Å²) in [6, 6.07) is 7.94. The molecule has 0 aliphatic rings. The van der Waals surface area contributed by atoms with Crippen LogP contribution in [0, 0.1) is 11.3 Å². The summed E-state index contributed by atoms with van der Waals surface area (Å²) < 4.78 is 33.4. The summed E-state index contributed by atoms with van der Waals surface area (Å²) in [4.78, 5) is 11.8. The lowest BCUT2D eigenvalue weighted by Crippen LogP contribution is -2.18. The Hall–Kier alpha value is -1.52. The zero-order valence-electron chi connectivity index (χ0n) is 10.3. The van der Waals surface area contributed by atoms with Crippen molar-refractivity contribution in [1.82, 2.24) is 0 Å². The van der Waals surface area contributed by atoms with Crippen LogP contribution in [0.15, 0.2) is 24.3 Å². The van der Waals surface area contributed by atoms with Crippen LogP contribution in [-0.4, -0.2) is 41.9 Å². The SMILES string of the molecule is CS(=O)(=O)CCS(=O)CC(=O)c1ccc(C#N)cc1. The van der Waals surface area contributed by atoms with Crippen molar-refractivity contribution in [3.63, 3.8) is 0 Å². The minimum absolute atomic E-state index is 0.0408. The molecule has 0 saturated heterocycles. The first-order chi connectivity index (χ1) is 8.81. The minimum Gasteiger partial charge on any atom is -0.293 e. The molecule has 0 saturated carbocycles. The van der Waals surface area contributed by atoms with E-state index in [9.17, 15) is 17.4 Å². The molecule has 0 fully saturated rings. The van der Waals surface area contributed by atoms with E-state index >= 15 is 0 Å². The molecular weight excluding hydrogens is 286 g/mol. The van der Waals surface area contributed by atoms with Gasteiger partial charge in [0, 0.05) is 28.4 Å². The van der Waals surface area contributed by atoms with Crippen molar-refractivity contribution in [3.8, 4) is 6.07 Å². The summed E-state index contributed by atoms with van der Waals surface area (Å²) in [6.45, 7) is 0.